The molecule has 0 bridgehead atoms. The lowest BCUT2D eigenvalue weighted by Crippen LogP contribution is -2.30. The maximum atomic E-state index is 12.4. The quantitative estimate of drug-likeness (QED) is 0.355. The van der Waals surface area contributed by atoms with Gasteiger partial charge in [-0.25, -0.2) is 4.79 Å². The Morgan fingerprint density at radius 3 is 2.23 bits per heavy atom. The van der Waals surface area contributed by atoms with Crippen LogP contribution in [-0.2, 0) is 16.0 Å². The lowest BCUT2D eigenvalue weighted by molar-refractivity contribution is -0.122. The molecule has 5 nitrogen and oxygen atoms in total. The van der Waals surface area contributed by atoms with E-state index in [1.54, 1.807) is 31.2 Å². The third-order valence-corrected chi connectivity index (χ3v) is 4.76. The number of benzene rings is 2. The van der Waals surface area contributed by atoms with Gasteiger partial charge in [-0.3, -0.25) is 4.79 Å². The second-order valence-corrected chi connectivity index (χ2v) is 7.42. The highest BCUT2D eigenvalue weighted by Crippen LogP contribution is 2.16. The monoisotopic (exact) mass is 411 g/mol. The van der Waals surface area contributed by atoms with Crippen LogP contribution < -0.4 is 10.1 Å². The van der Waals surface area contributed by atoms with Gasteiger partial charge >= 0.3 is 5.97 Å². The molecule has 0 aliphatic rings. The number of nitrogens with one attached hydrogen (secondary N) is 1. The van der Waals surface area contributed by atoms with Crippen LogP contribution >= 0.6 is 0 Å². The Hall–Kier alpha value is -2.82. The first-order valence-corrected chi connectivity index (χ1v) is 10.9. The van der Waals surface area contributed by atoms with Crippen LogP contribution in [0.2, 0.25) is 0 Å². The summed E-state index contributed by atoms with van der Waals surface area (Å²) in [6.07, 6.45) is 5.72. The van der Waals surface area contributed by atoms with Crippen molar-refractivity contribution >= 4 is 17.6 Å². The smallest absolute Gasteiger partial charge is 0.338 e. The zero-order valence-corrected chi connectivity index (χ0v) is 18.3. The summed E-state index contributed by atoms with van der Waals surface area (Å²) >= 11 is 0. The van der Waals surface area contributed by atoms with Crippen LogP contribution in [-0.4, -0.2) is 24.6 Å². The summed E-state index contributed by atoms with van der Waals surface area (Å²) in [6.45, 7) is 6.43. The van der Waals surface area contributed by atoms with Gasteiger partial charge < -0.3 is 14.8 Å². The van der Waals surface area contributed by atoms with Crippen molar-refractivity contribution in [1.82, 2.24) is 0 Å². The van der Waals surface area contributed by atoms with Gasteiger partial charge in [-0.15, -0.1) is 0 Å². The van der Waals surface area contributed by atoms with E-state index in [1.165, 1.54) is 5.56 Å². The summed E-state index contributed by atoms with van der Waals surface area (Å²) < 4.78 is 11.0. The number of unbranched alkanes of at least 4 members (excludes halogenated alkanes) is 3. The summed E-state index contributed by atoms with van der Waals surface area (Å²) in [5.74, 6) is 0.0704. The number of hydrogen-bond donors (Lipinski definition) is 1. The van der Waals surface area contributed by atoms with Gasteiger partial charge in [-0.1, -0.05) is 51.7 Å². The normalized spacial score (nSPS) is 11.6. The molecule has 0 aliphatic heterocycles. The molecule has 0 fully saturated rings. The molecule has 0 spiro atoms. The molecule has 0 saturated carbocycles. The molecule has 1 atom stereocenters. The second-order valence-electron chi connectivity index (χ2n) is 7.42. The van der Waals surface area contributed by atoms with Crippen molar-refractivity contribution in [3.8, 4) is 5.75 Å². The third kappa shape index (κ3) is 7.90. The summed E-state index contributed by atoms with van der Waals surface area (Å²) in [6, 6.07) is 14.5. The van der Waals surface area contributed by atoms with E-state index in [9.17, 15) is 9.59 Å². The van der Waals surface area contributed by atoms with Crippen molar-refractivity contribution in [1.29, 1.82) is 0 Å². The number of hydrogen-bond acceptors (Lipinski definition) is 4. The molecule has 2 rings (SSSR count). The number of ether oxygens (including phenoxy) is 2. The molecule has 0 aromatic heterocycles. The highest BCUT2D eigenvalue weighted by molar-refractivity contribution is 5.95. The highest BCUT2D eigenvalue weighted by Gasteiger charge is 2.15. The number of carbonyl (C=O) groups excluding carboxylic acids is 2. The van der Waals surface area contributed by atoms with Crippen molar-refractivity contribution in [2.24, 2.45) is 0 Å². The van der Waals surface area contributed by atoms with Gasteiger partial charge in [0.25, 0.3) is 5.91 Å². The summed E-state index contributed by atoms with van der Waals surface area (Å²) in [7, 11) is 0. The van der Waals surface area contributed by atoms with Gasteiger partial charge in [0.1, 0.15) is 5.75 Å². The van der Waals surface area contributed by atoms with E-state index in [1.807, 2.05) is 24.3 Å². The fourth-order valence-corrected chi connectivity index (χ4v) is 2.99. The Morgan fingerprint density at radius 2 is 1.60 bits per heavy atom. The Bertz CT molecular complexity index is 784. The van der Waals surface area contributed by atoms with E-state index in [4.69, 9.17) is 9.47 Å². The SMILES string of the molecule is CCCCCCOC(=O)c1ccc(NC(=O)C(C)Oc2ccc(CCC)cc2)cc1. The predicted octanol–water partition coefficient (Wildman–Crippen LogP) is 5.78. The van der Waals surface area contributed by atoms with Gasteiger partial charge in [-0.05, 0) is 61.7 Å². The van der Waals surface area contributed by atoms with Crippen molar-refractivity contribution in [2.45, 2.75) is 65.4 Å². The van der Waals surface area contributed by atoms with Gasteiger partial charge in [0.05, 0.1) is 12.2 Å². The fraction of sp³-hybridized carbons (Fsp3) is 0.440. The van der Waals surface area contributed by atoms with E-state index in [-0.39, 0.29) is 11.9 Å². The third-order valence-electron chi connectivity index (χ3n) is 4.76. The van der Waals surface area contributed by atoms with E-state index < -0.39 is 6.10 Å². The van der Waals surface area contributed by atoms with Crippen LogP contribution in [0.4, 0.5) is 5.69 Å². The van der Waals surface area contributed by atoms with E-state index in [2.05, 4.69) is 19.2 Å². The molecule has 162 valence electrons. The van der Waals surface area contributed by atoms with Crippen LogP contribution in [0.15, 0.2) is 48.5 Å². The topological polar surface area (TPSA) is 64.6 Å². The molecule has 1 N–H and O–H groups in total. The number of anilines is 1. The summed E-state index contributed by atoms with van der Waals surface area (Å²) in [4.78, 5) is 24.5. The molecule has 2 aromatic carbocycles. The highest BCUT2D eigenvalue weighted by atomic mass is 16.5. The molecule has 2 aromatic rings. The van der Waals surface area contributed by atoms with Crippen LogP contribution in [0.1, 0.15) is 68.8 Å². The number of esters is 1. The van der Waals surface area contributed by atoms with Crippen LogP contribution in [0, 0.1) is 0 Å². The second kappa shape index (κ2) is 12.7. The van der Waals surface area contributed by atoms with E-state index >= 15 is 0 Å². The molecule has 0 aliphatic carbocycles. The lowest BCUT2D eigenvalue weighted by atomic mass is 10.1. The zero-order valence-electron chi connectivity index (χ0n) is 18.3. The van der Waals surface area contributed by atoms with Crippen molar-refractivity contribution in [3.63, 3.8) is 0 Å². The molecule has 1 amide bonds. The fourth-order valence-electron chi connectivity index (χ4n) is 2.99. The van der Waals surface area contributed by atoms with Gasteiger partial charge in [0.2, 0.25) is 0 Å². The van der Waals surface area contributed by atoms with Gasteiger partial charge in [0.15, 0.2) is 6.10 Å². The Labute approximate surface area is 179 Å². The average Bonchev–Trinajstić information content (AvgIpc) is 2.75. The average molecular weight is 412 g/mol. The Kier molecular flexibility index (Phi) is 9.92. The molecule has 0 heterocycles. The molecule has 5 heteroatoms. The van der Waals surface area contributed by atoms with E-state index in [0.717, 1.165) is 38.5 Å². The molecule has 30 heavy (non-hydrogen) atoms. The van der Waals surface area contributed by atoms with Gasteiger partial charge in [0, 0.05) is 5.69 Å². The Balaban J connectivity index is 1.80. The Morgan fingerprint density at radius 1 is 0.900 bits per heavy atom. The molecular weight excluding hydrogens is 378 g/mol. The first-order chi connectivity index (χ1) is 14.5. The van der Waals surface area contributed by atoms with Crippen molar-refractivity contribution in [3.05, 3.63) is 59.7 Å². The van der Waals surface area contributed by atoms with Crippen LogP contribution in [0.5, 0.6) is 5.75 Å². The van der Waals surface area contributed by atoms with Crippen molar-refractivity contribution in [2.75, 3.05) is 11.9 Å². The maximum absolute atomic E-state index is 12.4. The van der Waals surface area contributed by atoms with Crippen molar-refractivity contribution < 1.29 is 19.1 Å². The molecule has 1 unspecified atom stereocenters. The molecular formula is C25H33NO4. The number of carbonyl (C=O) groups is 2. The predicted molar refractivity (Wildman–Crippen MR) is 120 cm³/mol. The minimum Gasteiger partial charge on any atom is -0.481 e. The largest absolute Gasteiger partial charge is 0.481 e. The van der Waals surface area contributed by atoms with Crippen LogP contribution in [0.25, 0.3) is 0 Å². The van der Waals surface area contributed by atoms with E-state index in [0.29, 0.717) is 23.6 Å². The van der Waals surface area contributed by atoms with Crippen LogP contribution in [0.3, 0.4) is 0 Å². The number of aryl methyl sites for hydroxylation is 1. The lowest BCUT2D eigenvalue weighted by Gasteiger charge is -2.15. The number of amides is 1. The molecule has 0 saturated heterocycles. The minimum atomic E-state index is -0.644. The summed E-state index contributed by atoms with van der Waals surface area (Å²) in [5.41, 5.74) is 2.33. The van der Waals surface area contributed by atoms with Gasteiger partial charge in [-0.2, -0.15) is 0 Å². The minimum absolute atomic E-state index is 0.251. The first-order valence-electron chi connectivity index (χ1n) is 10.9. The summed E-state index contributed by atoms with van der Waals surface area (Å²) in [5, 5.41) is 2.81. The zero-order chi connectivity index (χ0) is 21.8. The maximum Gasteiger partial charge on any atom is 0.338 e. The molecule has 0 radical (unpaired) electrons. The number of rotatable bonds is 12. The first kappa shape index (κ1) is 23.5. The standard InChI is InChI=1S/C25H33NO4/c1-4-6-7-8-18-29-25(28)21-12-14-22(15-13-21)26-24(27)19(3)30-23-16-10-20(9-5-2)11-17-23/h10-17,19H,4-9,18H2,1-3H3,(H,26,27).